The normalized spacial score (nSPS) is 11.4. The van der Waals surface area contributed by atoms with E-state index in [4.69, 9.17) is 14.4 Å². The van der Waals surface area contributed by atoms with Crippen molar-refractivity contribution >= 4 is 32.7 Å². The first-order valence-corrected chi connectivity index (χ1v) is 17.9. The Balaban J connectivity index is 1.21. The van der Waals surface area contributed by atoms with Gasteiger partial charge in [-0.15, -0.1) is 0 Å². The first-order chi connectivity index (χ1) is 26.2. The van der Waals surface area contributed by atoms with E-state index in [1.165, 1.54) is 21.9 Å². The quantitative estimate of drug-likeness (QED) is 0.176. The SMILES string of the molecule is c1ccc(-c2cc(-c3cc(-c4ccc5c(c4)oc4ccc6ccccc6c45)cc(-c4ccccc4-c4ccccc4)c3)nc(-c3ccccc3)n2)cc1. The van der Waals surface area contributed by atoms with E-state index in [1.54, 1.807) is 0 Å². The van der Waals surface area contributed by atoms with Gasteiger partial charge in [0.2, 0.25) is 0 Å². The number of hydrogen-bond acceptors (Lipinski definition) is 3. The Bertz CT molecular complexity index is 2870. The zero-order valence-electron chi connectivity index (χ0n) is 28.8. The molecule has 0 saturated carbocycles. The first kappa shape index (κ1) is 30.7. The Morgan fingerprint density at radius 1 is 0.321 bits per heavy atom. The lowest BCUT2D eigenvalue weighted by Crippen LogP contribution is -1.96. The van der Waals surface area contributed by atoms with Gasteiger partial charge >= 0.3 is 0 Å². The summed E-state index contributed by atoms with van der Waals surface area (Å²) in [6.07, 6.45) is 0. The van der Waals surface area contributed by atoms with E-state index >= 15 is 0 Å². The van der Waals surface area contributed by atoms with Gasteiger partial charge in [-0.2, -0.15) is 0 Å². The summed E-state index contributed by atoms with van der Waals surface area (Å²) in [6.45, 7) is 0. The first-order valence-electron chi connectivity index (χ1n) is 17.9. The highest BCUT2D eigenvalue weighted by atomic mass is 16.3. The van der Waals surface area contributed by atoms with Crippen molar-refractivity contribution in [2.24, 2.45) is 0 Å². The van der Waals surface area contributed by atoms with Gasteiger partial charge in [-0.1, -0.05) is 152 Å². The van der Waals surface area contributed by atoms with E-state index in [0.717, 1.165) is 72.3 Å². The molecule has 2 heterocycles. The molecule has 0 aliphatic rings. The molecule has 0 N–H and O–H groups in total. The molecule has 2 aromatic heterocycles. The van der Waals surface area contributed by atoms with Crippen LogP contribution in [0.15, 0.2) is 199 Å². The molecule has 10 aromatic rings. The van der Waals surface area contributed by atoms with E-state index in [2.05, 4.69) is 170 Å². The maximum Gasteiger partial charge on any atom is 0.160 e. The monoisotopic (exact) mass is 676 g/mol. The molecule has 0 saturated heterocycles. The summed E-state index contributed by atoms with van der Waals surface area (Å²) in [4.78, 5) is 10.3. The third kappa shape index (κ3) is 5.65. The van der Waals surface area contributed by atoms with Gasteiger partial charge in [0.1, 0.15) is 11.2 Å². The van der Waals surface area contributed by atoms with E-state index in [-0.39, 0.29) is 0 Å². The Hall–Kier alpha value is -7.10. The molecule has 248 valence electrons. The minimum absolute atomic E-state index is 0.689. The largest absolute Gasteiger partial charge is 0.456 e. The van der Waals surface area contributed by atoms with Crippen LogP contribution < -0.4 is 0 Å². The van der Waals surface area contributed by atoms with Gasteiger partial charge in [0, 0.05) is 27.5 Å². The standard InChI is InChI=1S/C50H32N2O/c1-4-14-33(15-5-1)41-21-12-13-22-42(41)39-28-38(37-24-26-44-48(31-37)53-47-27-25-34-16-10-11-23-43(34)49(44)47)29-40(30-39)46-32-45(35-17-6-2-7-18-35)51-50(52-46)36-19-8-3-9-20-36/h1-32H. The molecule has 0 unspecified atom stereocenters. The molecule has 0 bridgehead atoms. The summed E-state index contributed by atoms with van der Waals surface area (Å²) in [5.74, 6) is 0.689. The van der Waals surface area contributed by atoms with Crippen molar-refractivity contribution < 1.29 is 4.42 Å². The molecular weight excluding hydrogens is 645 g/mol. The van der Waals surface area contributed by atoms with Crippen molar-refractivity contribution in [3.63, 3.8) is 0 Å². The summed E-state index contributed by atoms with van der Waals surface area (Å²) >= 11 is 0. The van der Waals surface area contributed by atoms with Crippen molar-refractivity contribution in [3.05, 3.63) is 194 Å². The zero-order chi connectivity index (χ0) is 35.1. The molecule has 8 aromatic carbocycles. The van der Waals surface area contributed by atoms with Crippen LogP contribution in [0.2, 0.25) is 0 Å². The lowest BCUT2D eigenvalue weighted by molar-refractivity contribution is 0.669. The minimum atomic E-state index is 0.689. The predicted molar refractivity (Wildman–Crippen MR) is 219 cm³/mol. The smallest absolute Gasteiger partial charge is 0.160 e. The van der Waals surface area contributed by atoms with Gasteiger partial charge in [-0.05, 0) is 86.6 Å². The molecule has 3 heteroatoms. The topological polar surface area (TPSA) is 38.9 Å². The molecule has 0 amide bonds. The van der Waals surface area contributed by atoms with Crippen LogP contribution >= 0.6 is 0 Å². The highest BCUT2D eigenvalue weighted by molar-refractivity contribution is 6.19. The fourth-order valence-corrected chi connectivity index (χ4v) is 7.50. The third-order valence-electron chi connectivity index (χ3n) is 10.1. The highest BCUT2D eigenvalue weighted by Crippen LogP contribution is 2.41. The second-order valence-electron chi connectivity index (χ2n) is 13.4. The van der Waals surface area contributed by atoms with Crippen LogP contribution in [0.1, 0.15) is 0 Å². The van der Waals surface area contributed by atoms with Crippen molar-refractivity contribution in [1.29, 1.82) is 0 Å². The Labute approximate surface area is 307 Å². The fourth-order valence-electron chi connectivity index (χ4n) is 7.50. The van der Waals surface area contributed by atoms with Gasteiger partial charge in [-0.25, -0.2) is 9.97 Å². The van der Waals surface area contributed by atoms with Crippen LogP contribution in [0.3, 0.4) is 0 Å². The molecule has 0 aliphatic carbocycles. The summed E-state index contributed by atoms with van der Waals surface area (Å²) in [5, 5.41) is 4.67. The second kappa shape index (κ2) is 12.9. The van der Waals surface area contributed by atoms with Crippen molar-refractivity contribution in [3.8, 4) is 67.3 Å². The van der Waals surface area contributed by atoms with Crippen molar-refractivity contribution in [2.75, 3.05) is 0 Å². The predicted octanol–water partition coefficient (Wildman–Crippen LogP) is 13.5. The van der Waals surface area contributed by atoms with Crippen molar-refractivity contribution in [1.82, 2.24) is 9.97 Å². The lowest BCUT2D eigenvalue weighted by Gasteiger charge is -2.15. The van der Waals surface area contributed by atoms with E-state index in [0.29, 0.717) is 5.82 Å². The maximum atomic E-state index is 6.54. The van der Waals surface area contributed by atoms with Crippen LogP contribution in [0.5, 0.6) is 0 Å². The van der Waals surface area contributed by atoms with E-state index in [9.17, 15) is 0 Å². The molecule has 0 radical (unpaired) electrons. The van der Waals surface area contributed by atoms with Gasteiger partial charge in [0.05, 0.1) is 11.4 Å². The number of benzene rings is 8. The van der Waals surface area contributed by atoms with Crippen LogP contribution in [0, 0.1) is 0 Å². The van der Waals surface area contributed by atoms with Gasteiger partial charge in [0.15, 0.2) is 5.82 Å². The Morgan fingerprint density at radius 2 is 0.906 bits per heavy atom. The average Bonchev–Trinajstić information content (AvgIpc) is 3.63. The number of aromatic nitrogens is 2. The zero-order valence-corrected chi connectivity index (χ0v) is 28.8. The lowest BCUT2D eigenvalue weighted by atomic mass is 9.90. The van der Waals surface area contributed by atoms with Crippen LogP contribution in [-0.4, -0.2) is 9.97 Å². The van der Waals surface area contributed by atoms with Gasteiger partial charge in [0.25, 0.3) is 0 Å². The molecule has 0 spiro atoms. The van der Waals surface area contributed by atoms with Gasteiger partial charge < -0.3 is 4.42 Å². The molecule has 10 rings (SSSR count). The molecule has 53 heavy (non-hydrogen) atoms. The summed E-state index contributed by atoms with van der Waals surface area (Å²) in [6, 6.07) is 68.0. The number of furan rings is 1. The molecule has 3 nitrogen and oxygen atoms in total. The number of fused-ring (bicyclic) bond motifs is 5. The molecule has 0 aliphatic heterocycles. The number of rotatable bonds is 6. The Kier molecular flexibility index (Phi) is 7.47. The van der Waals surface area contributed by atoms with E-state index < -0.39 is 0 Å². The van der Waals surface area contributed by atoms with Crippen LogP contribution in [0.4, 0.5) is 0 Å². The number of hydrogen-bond donors (Lipinski definition) is 0. The Morgan fingerprint density at radius 3 is 1.66 bits per heavy atom. The highest BCUT2D eigenvalue weighted by Gasteiger charge is 2.17. The average molecular weight is 677 g/mol. The minimum Gasteiger partial charge on any atom is -0.456 e. The molecule has 0 atom stereocenters. The fraction of sp³-hybridized carbons (Fsp3) is 0. The number of nitrogens with zero attached hydrogens (tertiary/aromatic N) is 2. The summed E-state index contributed by atoms with van der Waals surface area (Å²) in [7, 11) is 0. The summed E-state index contributed by atoms with van der Waals surface area (Å²) in [5.41, 5.74) is 13.3. The van der Waals surface area contributed by atoms with Crippen molar-refractivity contribution in [2.45, 2.75) is 0 Å². The molecule has 0 fully saturated rings. The van der Waals surface area contributed by atoms with Crippen LogP contribution in [-0.2, 0) is 0 Å². The molecular formula is C50H32N2O. The van der Waals surface area contributed by atoms with Crippen LogP contribution in [0.25, 0.3) is 100.0 Å². The second-order valence-corrected chi connectivity index (χ2v) is 13.4. The van der Waals surface area contributed by atoms with E-state index in [1.807, 2.05) is 24.3 Å². The third-order valence-corrected chi connectivity index (χ3v) is 10.1. The maximum absolute atomic E-state index is 6.54. The summed E-state index contributed by atoms with van der Waals surface area (Å²) < 4.78 is 6.54. The van der Waals surface area contributed by atoms with Gasteiger partial charge in [-0.3, -0.25) is 0 Å².